The Morgan fingerprint density at radius 1 is 1.19 bits per heavy atom. The van der Waals surface area contributed by atoms with Crippen molar-refractivity contribution in [3.05, 3.63) is 29.8 Å². The van der Waals surface area contributed by atoms with E-state index >= 15 is 0 Å². The molecular formula is C22H30N2O3. The van der Waals surface area contributed by atoms with E-state index < -0.39 is 0 Å². The van der Waals surface area contributed by atoms with E-state index in [0.717, 1.165) is 56.3 Å². The summed E-state index contributed by atoms with van der Waals surface area (Å²) in [5.41, 5.74) is 1.66. The molecule has 27 heavy (non-hydrogen) atoms. The number of likely N-dealkylation sites (tertiary alicyclic amines) is 1. The Morgan fingerprint density at radius 3 is 2.74 bits per heavy atom. The number of fused-ring (bicyclic) bond motifs is 3. The van der Waals surface area contributed by atoms with Crippen LogP contribution in [0, 0.1) is 0 Å². The highest BCUT2D eigenvalue weighted by molar-refractivity contribution is 6.07. The van der Waals surface area contributed by atoms with Gasteiger partial charge in [0.25, 0.3) is 0 Å². The van der Waals surface area contributed by atoms with Gasteiger partial charge in [0.15, 0.2) is 0 Å². The lowest BCUT2D eigenvalue weighted by Gasteiger charge is -2.31. The predicted octanol–water partition coefficient (Wildman–Crippen LogP) is 4.23. The minimum atomic E-state index is -0.235. The maximum atomic E-state index is 13.1. The van der Waals surface area contributed by atoms with Crippen molar-refractivity contribution < 1.29 is 14.3 Å². The second-order valence-corrected chi connectivity index (χ2v) is 7.87. The topological polar surface area (TPSA) is 43.7 Å². The highest BCUT2D eigenvalue weighted by Crippen LogP contribution is 2.37. The van der Waals surface area contributed by atoms with Gasteiger partial charge >= 0.3 is 5.97 Å². The van der Waals surface area contributed by atoms with E-state index in [1.54, 1.807) is 0 Å². The fourth-order valence-corrected chi connectivity index (χ4v) is 4.22. The summed E-state index contributed by atoms with van der Waals surface area (Å²) in [5.74, 6) is 0.446. The van der Waals surface area contributed by atoms with Crippen molar-refractivity contribution in [2.75, 3.05) is 19.6 Å². The number of benzene rings is 1. The Bertz CT molecular complexity index is 805. The van der Waals surface area contributed by atoms with Gasteiger partial charge in [-0.2, -0.15) is 0 Å². The molecule has 2 aliphatic heterocycles. The average Bonchev–Trinajstić information content (AvgIpc) is 3.01. The zero-order chi connectivity index (χ0) is 18.8. The molecule has 0 bridgehead atoms. The number of piperidine rings is 1. The number of aromatic nitrogens is 1. The Balaban J connectivity index is 1.51. The van der Waals surface area contributed by atoms with Gasteiger partial charge in [0.05, 0.1) is 11.6 Å². The SMILES string of the molecule is CCCCN1CCC(OC(=O)c2c3n(c4ccccc24)CCC(C)O3)CC1. The molecule has 2 aliphatic rings. The van der Waals surface area contributed by atoms with E-state index in [4.69, 9.17) is 9.47 Å². The molecule has 5 heteroatoms. The van der Waals surface area contributed by atoms with E-state index in [2.05, 4.69) is 29.4 Å². The van der Waals surface area contributed by atoms with Crippen molar-refractivity contribution >= 4 is 16.9 Å². The monoisotopic (exact) mass is 370 g/mol. The Kier molecular flexibility index (Phi) is 5.39. The molecule has 146 valence electrons. The second-order valence-electron chi connectivity index (χ2n) is 7.87. The number of aryl methyl sites for hydroxylation is 1. The summed E-state index contributed by atoms with van der Waals surface area (Å²) in [6.07, 6.45) is 5.38. The normalized spacial score (nSPS) is 21.0. The summed E-state index contributed by atoms with van der Waals surface area (Å²) in [6, 6.07) is 8.04. The summed E-state index contributed by atoms with van der Waals surface area (Å²) < 4.78 is 14.1. The molecule has 0 saturated carbocycles. The minimum absolute atomic E-state index is 0.00528. The number of nitrogens with zero attached hydrogens (tertiary/aromatic N) is 2. The molecule has 2 aromatic rings. The second kappa shape index (κ2) is 7.93. The van der Waals surface area contributed by atoms with Crippen LogP contribution in [0.4, 0.5) is 0 Å². The molecule has 1 fully saturated rings. The summed E-state index contributed by atoms with van der Waals surface area (Å²) in [6.45, 7) is 8.34. The fraction of sp³-hybridized carbons (Fsp3) is 0.591. The van der Waals surface area contributed by atoms with Crippen LogP contribution in [0.15, 0.2) is 24.3 Å². The third-order valence-corrected chi connectivity index (χ3v) is 5.84. The quantitative estimate of drug-likeness (QED) is 0.739. The number of rotatable bonds is 5. The van der Waals surface area contributed by atoms with E-state index in [1.807, 2.05) is 18.2 Å². The van der Waals surface area contributed by atoms with Crippen molar-refractivity contribution in [2.45, 2.75) is 64.7 Å². The van der Waals surface area contributed by atoms with Crippen LogP contribution in [0.25, 0.3) is 10.9 Å². The maximum Gasteiger partial charge on any atom is 0.344 e. The van der Waals surface area contributed by atoms with Gasteiger partial charge in [0, 0.05) is 31.4 Å². The van der Waals surface area contributed by atoms with Gasteiger partial charge in [-0.15, -0.1) is 0 Å². The molecule has 1 aromatic carbocycles. The van der Waals surface area contributed by atoms with Crippen LogP contribution in [0.5, 0.6) is 5.88 Å². The Hall–Kier alpha value is -2.01. The first-order valence-corrected chi connectivity index (χ1v) is 10.4. The lowest BCUT2D eigenvalue weighted by atomic mass is 10.1. The van der Waals surface area contributed by atoms with E-state index in [0.29, 0.717) is 11.4 Å². The van der Waals surface area contributed by atoms with Crippen LogP contribution in [-0.2, 0) is 11.3 Å². The number of esters is 1. The molecule has 3 heterocycles. The molecular weight excluding hydrogens is 340 g/mol. The molecule has 0 aliphatic carbocycles. The number of para-hydroxylation sites is 1. The first-order valence-electron chi connectivity index (χ1n) is 10.4. The third-order valence-electron chi connectivity index (χ3n) is 5.84. The van der Waals surface area contributed by atoms with Crippen LogP contribution in [0.3, 0.4) is 0 Å². The first-order chi connectivity index (χ1) is 13.2. The van der Waals surface area contributed by atoms with E-state index in [-0.39, 0.29) is 18.2 Å². The fourth-order valence-electron chi connectivity index (χ4n) is 4.22. The molecule has 0 N–H and O–H groups in total. The zero-order valence-electron chi connectivity index (χ0n) is 16.4. The highest BCUT2D eigenvalue weighted by atomic mass is 16.5. The number of hydrogen-bond donors (Lipinski definition) is 0. The smallest absolute Gasteiger partial charge is 0.344 e. The minimum Gasteiger partial charge on any atom is -0.475 e. The van der Waals surface area contributed by atoms with Crippen LogP contribution < -0.4 is 4.74 Å². The molecule has 0 amide bonds. The van der Waals surface area contributed by atoms with Crippen molar-refractivity contribution in [2.24, 2.45) is 0 Å². The van der Waals surface area contributed by atoms with Crippen molar-refractivity contribution in [1.29, 1.82) is 0 Å². The van der Waals surface area contributed by atoms with Gasteiger partial charge < -0.3 is 18.9 Å². The maximum absolute atomic E-state index is 13.1. The summed E-state index contributed by atoms with van der Waals surface area (Å²) in [4.78, 5) is 15.6. The van der Waals surface area contributed by atoms with Crippen LogP contribution >= 0.6 is 0 Å². The van der Waals surface area contributed by atoms with E-state index in [1.165, 1.54) is 12.8 Å². The Labute approximate surface area is 161 Å². The largest absolute Gasteiger partial charge is 0.475 e. The van der Waals surface area contributed by atoms with Gasteiger partial charge in [-0.25, -0.2) is 4.79 Å². The van der Waals surface area contributed by atoms with Crippen LogP contribution in [-0.4, -0.2) is 47.3 Å². The molecule has 1 atom stereocenters. The third kappa shape index (κ3) is 3.70. The zero-order valence-corrected chi connectivity index (χ0v) is 16.4. The van der Waals surface area contributed by atoms with Gasteiger partial charge in [-0.1, -0.05) is 31.5 Å². The van der Waals surface area contributed by atoms with Crippen LogP contribution in [0.1, 0.15) is 56.3 Å². The van der Waals surface area contributed by atoms with Crippen LogP contribution in [0.2, 0.25) is 0 Å². The van der Waals surface area contributed by atoms with Gasteiger partial charge in [-0.05, 0) is 38.8 Å². The molecule has 5 nitrogen and oxygen atoms in total. The average molecular weight is 370 g/mol. The highest BCUT2D eigenvalue weighted by Gasteiger charge is 2.31. The Morgan fingerprint density at radius 2 is 1.96 bits per heavy atom. The van der Waals surface area contributed by atoms with Crippen molar-refractivity contribution in [1.82, 2.24) is 9.47 Å². The summed E-state index contributed by atoms with van der Waals surface area (Å²) in [5, 5.41) is 0.937. The number of carbonyl (C=O) groups is 1. The molecule has 0 spiro atoms. The lowest BCUT2D eigenvalue weighted by Crippen LogP contribution is -2.38. The summed E-state index contributed by atoms with van der Waals surface area (Å²) >= 11 is 0. The first kappa shape index (κ1) is 18.4. The van der Waals surface area contributed by atoms with E-state index in [9.17, 15) is 4.79 Å². The lowest BCUT2D eigenvalue weighted by molar-refractivity contribution is 0.0107. The van der Waals surface area contributed by atoms with Crippen molar-refractivity contribution in [3.63, 3.8) is 0 Å². The number of unbranched alkanes of at least 4 members (excludes halogenated alkanes) is 1. The van der Waals surface area contributed by atoms with Gasteiger partial charge in [-0.3, -0.25) is 0 Å². The summed E-state index contributed by atoms with van der Waals surface area (Å²) in [7, 11) is 0. The number of ether oxygens (including phenoxy) is 2. The molecule has 4 rings (SSSR count). The van der Waals surface area contributed by atoms with Crippen molar-refractivity contribution in [3.8, 4) is 5.88 Å². The van der Waals surface area contributed by atoms with Gasteiger partial charge in [0.2, 0.25) is 5.88 Å². The molecule has 1 aromatic heterocycles. The number of hydrogen-bond acceptors (Lipinski definition) is 4. The standard InChI is InChI=1S/C22H30N2O3/c1-3-4-12-23-13-10-17(11-14-23)27-22(25)20-18-7-5-6-8-19(18)24-15-9-16(2)26-21(20)24/h5-8,16-17H,3-4,9-15H2,1-2H3. The molecule has 1 unspecified atom stereocenters. The molecule has 0 radical (unpaired) electrons. The van der Waals surface area contributed by atoms with Gasteiger partial charge in [0.1, 0.15) is 11.7 Å². The molecule has 1 saturated heterocycles. The number of carbonyl (C=O) groups excluding carboxylic acids is 1. The predicted molar refractivity (Wildman–Crippen MR) is 106 cm³/mol.